The normalized spacial score (nSPS) is 17.4. The summed E-state index contributed by atoms with van der Waals surface area (Å²) in [5.41, 5.74) is 10.0. The molecular weight excluding hydrogens is 290 g/mol. The van der Waals surface area contributed by atoms with Crippen molar-refractivity contribution in [3.05, 3.63) is 58.0 Å². The van der Waals surface area contributed by atoms with Gasteiger partial charge in [0, 0.05) is 5.56 Å². The minimum atomic E-state index is -0.116. The van der Waals surface area contributed by atoms with Crippen LogP contribution in [-0.4, -0.2) is 0 Å². The van der Waals surface area contributed by atoms with Gasteiger partial charge in [0.1, 0.15) is 0 Å². The summed E-state index contributed by atoms with van der Waals surface area (Å²) in [5, 5.41) is 0. The van der Waals surface area contributed by atoms with Crippen molar-refractivity contribution in [2.75, 3.05) is 0 Å². The fourth-order valence-corrected chi connectivity index (χ4v) is 3.07. The predicted octanol–water partition coefficient (Wildman–Crippen LogP) is 4.36. The largest absolute Gasteiger partial charge is 0.457 e. The number of benzene rings is 1. The van der Waals surface area contributed by atoms with Gasteiger partial charge in [-0.15, -0.1) is 0 Å². The molecule has 94 valence electrons. The van der Waals surface area contributed by atoms with Gasteiger partial charge in [0.25, 0.3) is 0 Å². The monoisotopic (exact) mass is 305 g/mol. The van der Waals surface area contributed by atoms with E-state index in [1.54, 1.807) is 6.26 Å². The number of rotatable bonds is 3. The zero-order valence-electron chi connectivity index (χ0n) is 10.1. The summed E-state index contributed by atoms with van der Waals surface area (Å²) >= 11 is 3.41. The Hall–Kier alpha value is -1.06. The van der Waals surface area contributed by atoms with Crippen LogP contribution in [0.1, 0.15) is 47.9 Å². The van der Waals surface area contributed by atoms with E-state index in [9.17, 15) is 0 Å². The van der Waals surface area contributed by atoms with E-state index in [1.165, 1.54) is 30.4 Å². The topological polar surface area (TPSA) is 39.2 Å². The first-order valence-corrected chi connectivity index (χ1v) is 7.14. The van der Waals surface area contributed by atoms with Crippen LogP contribution in [0.15, 0.2) is 45.7 Å². The smallest absolute Gasteiger partial charge is 0.174 e. The molecule has 1 aliphatic rings. The molecule has 3 rings (SSSR count). The van der Waals surface area contributed by atoms with Gasteiger partial charge in [-0.25, -0.2) is 0 Å². The minimum Gasteiger partial charge on any atom is -0.457 e. The zero-order valence-corrected chi connectivity index (χ0v) is 11.7. The van der Waals surface area contributed by atoms with E-state index >= 15 is 0 Å². The summed E-state index contributed by atoms with van der Waals surface area (Å²) in [6, 6.07) is 10.3. The molecule has 0 aliphatic heterocycles. The van der Waals surface area contributed by atoms with Gasteiger partial charge < -0.3 is 10.2 Å². The molecule has 0 spiro atoms. The van der Waals surface area contributed by atoms with Gasteiger partial charge in [0.05, 0.1) is 12.3 Å². The molecule has 2 nitrogen and oxygen atoms in total. The maximum absolute atomic E-state index is 6.39. The highest BCUT2D eigenvalue weighted by Crippen LogP contribution is 2.40. The second-order valence-corrected chi connectivity index (χ2v) is 5.60. The van der Waals surface area contributed by atoms with Gasteiger partial charge in [0.15, 0.2) is 4.67 Å². The van der Waals surface area contributed by atoms with Crippen molar-refractivity contribution in [3.8, 4) is 0 Å². The van der Waals surface area contributed by atoms with Crippen LogP contribution < -0.4 is 5.73 Å². The molecule has 0 amide bonds. The Morgan fingerprint density at radius 1 is 1.17 bits per heavy atom. The maximum atomic E-state index is 6.39. The van der Waals surface area contributed by atoms with Crippen LogP contribution in [-0.2, 0) is 0 Å². The molecule has 1 saturated carbocycles. The number of hydrogen-bond acceptors (Lipinski definition) is 2. The van der Waals surface area contributed by atoms with Gasteiger partial charge in [-0.2, -0.15) is 0 Å². The molecule has 1 aromatic heterocycles. The Morgan fingerprint density at radius 2 is 1.94 bits per heavy atom. The van der Waals surface area contributed by atoms with E-state index in [0.717, 1.165) is 10.2 Å². The third kappa shape index (κ3) is 2.02. The van der Waals surface area contributed by atoms with Crippen LogP contribution in [0.4, 0.5) is 0 Å². The highest BCUT2D eigenvalue weighted by Gasteiger charge is 2.25. The SMILES string of the molecule is NC(c1ccccc1C1CCC1)c1ccoc1Br. The Labute approximate surface area is 115 Å². The second-order valence-electron chi connectivity index (χ2n) is 4.88. The van der Waals surface area contributed by atoms with Crippen LogP contribution in [0.2, 0.25) is 0 Å². The van der Waals surface area contributed by atoms with Crippen LogP contribution in [0.3, 0.4) is 0 Å². The second kappa shape index (κ2) is 4.90. The summed E-state index contributed by atoms with van der Waals surface area (Å²) in [4.78, 5) is 0. The van der Waals surface area contributed by atoms with Gasteiger partial charge in [-0.05, 0) is 51.9 Å². The molecule has 0 bridgehead atoms. The molecule has 1 heterocycles. The Kier molecular flexibility index (Phi) is 3.27. The van der Waals surface area contributed by atoms with E-state index in [0.29, 0.717) is 5.92 Å². The molecule has 1 aliphatic carbocycles. The summed E-state index contributed by atoms with van der Waals surface area (Å²) < 4.78 is 6.02. The Bertz CT molecular complexity index is 545. The van der Waals surface area contributed by atoms with Crippen LogP contribution in [0, 0.1) is 0 Å². The number of halogens is 1. The van der Waals surface area contributed by atoms with Crippen LogP contribution >= 0.6 is 15.9 Å². The lowest BCUT2D eigenvalue weighted by Gasteiger charge is -2.29. The lowest BCUT2D eigenvalue weighted by molar-refractivity contribution is 0.416. The fourth-order valence-electron chi connectivity index (χ4n) is 2.58. The molecule has 0 saturated heterocycles. The van der Waals surface area contributed by atoms with E-state index in [-0.39, 0.29) is 6.04 Å². The van der Waals surface area contributed by atoms with Crippen molar-refractivity contribution in [3.63, 3.8) is 0 Å². The van der Waals surface area contributed by atoms with Gasteiger partial charge in [-0.3, -0.25) is 0 Å². The molecule has 1 fully saturated rings. The average Bonchev–Trinajstić information content (AvgIpc) is 2.73. The number of hydrogen-bond donors (Lipinski definition) is 1. The number of furan rings is 1. The van der Waals surface area contributed by atoms with Crippen LogP contribution in [0.25, 0.3) is 0 Å². The highest BCUT2D eigenvalue weighted by molar-refractivity contribution is 9.10. The Morgan fingerprint density at radius 3 is 2.56 bits per heavy atom. The van der Waals surface area contributed by atoms with E-state index in [4.69, 9.17) is 10.2 Å². The fraction of sp³-hybridized carbons (Fsp3) is 0.333. The molecule has 3 heteroatoms. The lowest BCUT2D eigenvalue weighted by Crippen LogP contribution is -2.18. The molecule has 2 N–H and O–H groups in total. The van der Waals surface area contributed by atoms with Crippen molar-refractivity contribution >= 4 is 15.9 Å². The third-order valence-electron chi connectivity index (χ3n) is 3.86. The Balaban J connectivity index is 1.98. The maximum Gasteiger partial charge on any atom is 0.174 e. The first kappa shape index (κ1) is 12.0. The zero-order chi connectivity index (χ0) is 12.5. The quantitative estimate of drug-likeness (QED) is 0.915. The molecule has 2 aromatic rings. The van der Waals surface area contributed by atoms with Crippen molar-refractivity contribution in [2.24, 2.45) is 5.73 Å². The van der Waals surface area contributed by atoms with Gasteiger partial charge in [0.2, 0.25) is 0 Å². The molecular formula is C15H16BrNO. The lowest BCUT2D eigenvalue weighted by atomic mass is 9.77. The van der Waals surface area contributed by atoms with E-state index in [2.05, 4.69) is 40.2 Å². The molecule has 0 radical (unpaired) electrons. The minimum absolute atomic E-state index is 0.116. The molecule has 1 unspecified atom stereocenters. The van der Waals surface area contributed by atoms with Gasteiger partial charge >= 0.3 is 0 Å². The summed E-state index contributed by atoms with van der Waals surface area (Å²) in [5.74, 6) is 0.693. The van der Waals surface area contributed by atoms with Crippen molar-refractivity contribution in [2.45, 2.75) is 31.2 Å². The van der Waals surface area contributed by atoms with Crippen molar-refractivity contribution in [1.29, 1.82) is 0 Å². The van der Waals surface area contributed by atoms with Gasteiger partial charge in [-0.1, -0.05) is 30.7 Å². The highest BCUT2D eigenvalue weighted by atomic mass is 79.9. The molecule has 1 aromatic carbocycles. The molecule has 1 atom stereocenters. The van der Waals surface area contributed by atoms with E-state index in [1.807, 2.05) is 6.07 Å². The van der Waals surface area contributed by atoms with Crippen molar-refractivity contribution < 1.29 is 4.42 Å². The summed E-state index contributed by atoms with van der Waals surface area (Å²) in [6.07, 6.45) is 5.58. The first-order valence-electron chi connectivity index (χ1n) is 6.34. The standard InChI is InChI=1S/C15H16BrNO/c16-15-13(8-9-18-15)14(17)12-7-2-1-6-11(12)10-4-3-5-10/h1-2,6-10,14H,3-5,17H2. The first-order chi connectivity index (χ1) is 8.77. The van der Waals surface area contributed by atoms with Crippen molar-refractivity contribution in [1.82, 2.24) is 0 Å². The average molecular weight is 306 g/mol. The summed E-state index contributed by atoms with van der Waals surface area (Å²) in [7, 11) is 0. The predicted molar refractivity (Wildman–Crippen MR) is 75.5 cm³/mol. The number of nitrogens with two attached hydrogens (primary N) is 1. The van der Waals surface area contributed by atoms with Crippen LogP contribution in [0.5, 0.6) is 0 Å². The third-order valence-corrected chi connectivity index (χ3v) is 4.50. The summed E-state index contributed by atoms with van der Waals surface area (Å²) in [6.45, 7) is 0. The molecule has 18 heavy (non-hydrogen) atoms. The van der Waals surface area contributed by atoms with E-state index < -0.39 is 0 Å².